The number of nitrogens with zero attached hydrogens (tertiary/aromatic N) is 1. The van der Waals surface area contributed by atoms with Crippen LogP contribution in [0.1, 0.15) is 18.1 Å². The first-order valence-corrected chi connectivity index (χ1v) is 11.6. The third-order valence-electron chi connectivity index (χ3n) is 5.06. The number of benzene rings is 3. The minimum Gasteiger partial charge on any atom is -0.494 e. The van der Waals surface area contributed by atoms with Gasteiger partial charge in [-0.3, -0.25) is 9.10 Å². The lowest BCUT2D eigenvalue weighted by Crippen LogP contribution is -2.38. The summed E-state index contributed by atoms with van der Waals surface area (Å²) in [4.78, 5) is 12.4. The predicted octanol–water partition coefficient (Wildman–Crippen LogP) is 4.81. The lowest BCUT2D eigenvalue weighted by Gasteiger charge is -2.26. The number of amides is 1. The van der Waals surface area contributed by atoms with Crippen LogP contribution in [0.5, 0.6) is 5.75 Å². The Kier molecular flexibility index (Phi) is 7.33. The van der Waals surface area contributed by atoms with Crippen molar-refractivity contribution in [2.45, 2.75) is 25.7 Å². The smallest absolute Gasteiger partial charge is 0.264 e. The molecule has 0 spiro atoms. The van der Waals surface area contributed by atoms with Crippen molar-refractivity contribution < 1.29 is 26.7 Å². The quantitative estimate of drug-likeness (QED) is 0.508. The molecular formula is C24H24F2N2O4S. The summed E-state index contributed by atoms with van der Waals surface area (Å²) in [6.07, 6.45) is 0. The summed E-state index contributed by atoms with van der Waals surface area (Å²) in [5, 5.41) is 2.65. The average molecular weight is 475 g/mol. The molecule has 0 aliphatic heterocycles. The van der Waals surface area contributed by atoms with Crippen molar-refractivity contribution >= 4 is 27.3 Å². The van der Waals surface area contributed by atoms with Gasteiger partial charge in [0.15, 0.2) is 11.6 Å². The molecule has 0 bridgehead atoms. The molecular weight excluding hydrogens is 450 g/mol. The zero-order valence-electron chi connectivity index (χ0n) is 18.4. The van der Waals surface area contributed by atoms with Gasteiger partial charge in [-0.05, 0) is 80.4 Å². The molecule has 0 unspecified atom stereocenters. The first-order chi connectivity index (χ1) is 15.6. The van der Waals surface area contributed by atoms with Crippen LogP contribution in [0.2, 0.25) is 0 Å². The summed E-state index contributed by atoms with van der Waals surface area (Å²) < 4.78 is 60.3. The molecule has 9 heteroatoms. The van der Waals surface area contributed by atoms with Crippen molar-refractivity contribution in [3.8, 4) is 5.75 Å². The van der Waals surface area contributed by atoms with Crippen molar-refractivity contribution in [2.75, 3.05) is 22.8 Å². The summed E-state index contributed by atoms with van der Waals surface area (Å²) in [7, 11) is -4.39. The number of hydrogen-bond donors (Lipinski definition) is 1. The van der Waals surface area contributed by atoms with E-state index < -0.39 is 39.0 Å². The molecule has 3 rings (SSSR count). The molecule has 1 amide bonds. The van der Waals surface area contributed by atoms with Gasteiger partial charge in [0.05, 0.1) is 17.2 Å². The molecule has 0 heterocycles. The third-order valence-corrected chi connectivity index (χ3v) is 6.82. The van der Waals surface area contributed by atoms with Crippen LogP contribution in [0, 0.1) is 25.5 Å². The third kappa shape index (κ3) is 5.48. The highest BCUT2D eigenvalue weighted by Gasteiger charge is 2.29. The predicted molar refractivity (Wildman–Crippen MR) is 123 cm³/mol. The molecule has 1 N–H and O–H groups in total. The Morgan fingerprint density at radius 1 is 1.00 bits per heavy atom. The van der Waals surface area contributed by atoms with Gasteiger partial charge < -0.3 is 10.1 Å². The van der Waals surface area contributed by atoms with Gasteiger partial charge in [-0.25, -0.2) is 17.2 Å². The minimum absolute atomic E-state index is 0.265. The Morgan fingerprint density at radius 2 is 1.70 bits per heavy atom. The molecule has 0 saturated carbocycles. The molecule has 0 fully saturated rings. The van der Waals surface area contributed by atoms with Crippen molar-refractivity contribution in [1.82, 2.24) is 0 Å². The Bertz CT molecular complexity index is 1260. The first kappa shape index (κ1) is 24.2. The monoisotopic (exact) mass is 474 g/mol. The molecule has 174 valence electrons. The zero-order chi connectivity index (χ0) is 24.2. The van der Waals surface area contributed by atoms with Gasteiger partial charge in [-0.2, -0.15) is 0 Å². The van der Waals surface area contributed by atoms with Crippen LogP contribution in [-0.2, 0) is 14.8 Å². The maximum absolute atomic E-state index is 13.8. The van der Waals surface area contributed by atoms with Gasteiger partial charge in [-0.1, -0.05) is 12.1 Å². The van der Waals surface area contributed by atoms with E-state index in [1.807, 2.05) is 6.92 Å². The molecule has 0 aliphatic carbocycles. The summed E-state index contributed by atoms with van der Waals surface area (Å²) in [6.45, 7) is 5.31. The molecule has 3 aromatic rings. The van der Waals surface area contributed by atoms with Gasteiger partial charge in [-0.15, -0.1) is 0 Å². The number of halogens is 2. The van der Waals surface area contributed by atoms with Crippen LogP contribution in [-0.4, -0.2) is 27.5 Å². The highest BCUT2D eigenvalue weighted by molar-refractivity contribution is 7.92. The fourth-order valence-electron chi connectivity index (χ4n) is 3.20. The van der Waals surface area contributed by atoms with Crippen LogP contribution in [0.3, 0.4) is 0 Å². The number of carbonyl (C=O) groups is 1. The summed E-state index contributed by atoms with van der Waals surface area (Å²) in [6, 6.07) is 14.0. The molecule has 0 atom stereocenters. The van der Waals surface area contributed by atoms with Crippen LogP contribution < -0.4 is 14.4 Å². The van der Waals surface area contributed by atoms with Crippen LogP contribution in [0.25, 0.3) is 0 Å². The van der Waals surface area contributed by atoms with E-state index in [2.05, 4.69) is 5.32 Å². The maximum Gasteiger partial charge on any atom is 0.264 e. The van der Waals surface area contributed by atoms with E-state index in [1.165, 1.54) is 0 Å². The number of anilines is 2. The zero-order valence-corrected chi connectivity index (χ0v) is 19.2. The van der Waals surface area contributed by atoms with Crippen LogP contribution in [0.4, 0.5) is 20.2 Å². The average Bonchev–Trinajstić information content (AvgIpc) is 2.77. The fourth-order valence-corrected chi connectivity index (χ4v) is 4.69. The number of rotatable bonds is 8. The Hall–Kier alpha value is -3.46. The molecule has 0 aliphatic rings. The van der Waals surface area contributed by atoms with Gasteiger partial charge in [0.2, 0.25) is 5.91 Å². The summed E-state index contributed by atoms with van der Waals surface area (Å²) in [5.41, 5.74) is 2.17. The van der Waals surface area contributed by atoms with Crippen LogP contribution in [0.15, 0.2) is 65.6 Å². The van der Waals surface area contributed by atoms with E-state index in [0.29, 0.717) is 29.7 Å². The lowest BCUT2D eigenvalue weighted by molar-refractivity contribution is -0.114. The molecule has 33 heavy (non-hydrogen) atoms. The fraction of sp³-hybridized carbons (Fsp3) is 0.208. The van der Waals surface area contributed by atoms with E-state index >= 15 is 0 Å². The normalized spacial score (nSPS) is 11.2. The Labute approximate surface area is 191 Å². The number of aryl methyl sites for hydroxylation is 1. The SMILES string of the molecule is CCOc1ccc(NC(=O)CN(c2cccc(C)c2C)S(=O)(=O)c2ccc(F)c(F)c2)cc1. The second-order valence-electron chi connectivity index (χ2n) is 7.31. The van der Waals surface area contributed by atoms with Crippen LogP contribution >= 0.6 is 0 Å². The largest absolute Gasteiger partial charge is 0.494 e. The van der Waals surface area contributed by atoms with Gasteiger partial charge in [0.25, 0.3) is 10.0 Å². The highest BCUT2D eigenvalue weighted by Crippen LogP contribution is 2.29. The van der Waals surface area contributed by atoms with Crippen molar-refractivity contribution in [1.29, 1.82) is 0 Å². The number of nitrogens with one attached hydrogen (secondary N) is 1. The first-order valence-electron chi connectivity index (χ1n) is 10.2. The van der Waals surface area contributed by atoms with Gasteiger partial charge >= 0.3 is 0 Å². The number of sulfonamides is 1. The van der Waals surface area contributed by atoms with Crippen molar-refractivity contribution in [2.24, 2.45) is 0 Å². The van der Waals surface area contributed by atoms with Gasteiger partial charge in [0.1, 0.15) is 12.3 Å². The van der Waals surface area contributed by atoms with E-state index in [1.54, 1.807) is 56.3 Å². The minimum atomic E-state index is -4.39. The molecule has 0 saturated heterocycles. The summed E-state index contributed by atoms with van der Waals surface area (Å²) in [5.74, 6) is -2.43. The lowest BCUT2D eigenvalue weighted by atomic mass is 10.1. The van der Waals surface area contributed by atoms with Gasteiger partial charge in [0, 0.05) is 5.69 Å². The van der Waals surface area contributed by atoms with E-state index in [0.717, 1.165) is 22.0 Å². The van der Waals surface area contributed by atoms with E-state index in [9.17, 15) is 22.0 Å². The molecule has 0 radical (unpaired) electrons. The Morgan fingerprint density at radius 3 is 2.33 bits per heavy atom. The van der Waals surface area contributed by atoms with E-state index in [-0.39, 0.29) is 5.69 Å². The second-order valence-corrected chi connectivity index (χ2v) is 9.17. The molecule has 3 aromatic carbocycles. The molecule has 6 nitrogen and oxygen atoms in total. The number of hydrogen-bond acceptors (Lipinski definition) is 4. The van der Waals surface area contributed by atoms with Crippen molar-refractivity contribution in [3.05, 3.63) is 83.4 Å². The second kappa shape index (κ2) is 9.99. The maximum atomic E-state index is 13.8. The van der Waals surface area contributed by atoms with Crippen molar-refractivity contribution in [3.63, 3.8) is 0 Å². The number of carbonyl (C=O) groups excluding carboxylic acids is 1. The number of ether oxygens (including phenoxy) is 1. The highest BCUT2D eigenvalue weighted by atomic mass is 32.2. The summed E-state index contributed by atoms with van der Waals surface area (Å²) >= 11 is 0. The Balaban J connectivity index is 1.96. The van der Waals surface area contributed by atoms with E-state index in [4.69, 9.17) is 4.74 Å². The standard InChI is InChI=1S/C24H24F2N2O4S/c1-4-32-19-10-8-18(9-11-19)27-24(29)15-28(23-7-5-6-16(2)17(23)3)33(30,31)20-12-13-21(25)22(26)14-20/h5-14H,4,15H2,1-3H3,(H,27,29). The topological polar surface area (TPSA) is 75.7 Å². The molecule has 0 aromatic heterocycles.